The largest absolute Gasteiger partial charge is 0.497 e. The van der Waals surface area contributed by atoms with Crippen LogP contribution in [0.1, 0.15) is 63.5 Å². The highest BCUT2D eigenvalue weighted by atomic mass is 31.2. The Bertz CT molecular complexity index is 2510. The Morgan fingerprint density at radius 2 is 1.54 bits per heavy atom. The molecule has 0 saturated carbocycles. The van der Waals surface area contributed by atoms with Gasteiger partial charge in [-0.15, -0.1) is 0 Å². The van der Waals surface area contributed by atoms with E-state index in [1.54, 1.807) is 32.5 Å². The average molecular weight is 875 g/mol. The summed E-state index contributed by atoms with van der Waals surface area (Å²) >= 11 is 0. The van der Waals surface area contributed by atoms with Crippen molar-refractivity contribution in [3.05, 3.63) is 153 Å². The molecule has 2 aromatic heterocycles. The summed E-state index contributed by atoms with van der Waals surface area (Å²) in [6.45, 7) is 8.47. The van der Waals surface area contributed by atoms with E-state index >= 15 is 0 Å². The first-order valence-electron chi connectivity index (χ1n) is 20.7. The summed E-state index contributed by atoms with van der Waals surface area (Å²) in [7, 11) is 1.53. The summed E-state index contributed by atoms with van der Waals surface area (Å²) < 4.78 is 42.3. The zero-order valence-electron chi connectivity index (χ0n) is 36.0. The number of methoxy groups -OCH3 is 2. The van der Waals surface area contributed by atoms with E-state index in [-0.39, 0.29) is 43.8 Å². The van der Waals surface area contributed by atoms with Crippen molar-refractivity contribution in [3.63, 3.8) is 0 Å². The number of aromatic amines is 1. The standard InChI is InChI=1S/C47H51N6O9P/c1-31(2)52(32(3)4)63(60-26-10-25-48)62-42-28-44(51-29-34-27-41(49-45(34)50-46(51)54)33-13-19-38(20-14-33)53(55)56)61-43(42)30-59-47(35-11-8-7-9-12-35,36-15-21-39(57-5)22-16-36)37-17-23-40(58-6)24-18-37/h7-9,11-24,27,29,31-32,42-44H,10,26,28,30H2,1-6H3,(H,49,50,54)/t42-,43+,44+,63?/m0/s1. The van der Waals surface area contributed by atoms with Gasteiger partial charge in [-0.25, -0.2) is 9.46 Å². The number of nitro benzene ring substituents is 1. The third-order valence-electron chi connectivity index (χ3n) is 10.9. The molecule has 4 atom stereocenters. The van der Waals surface area contributed by atoms with E-state index in [9.17, 15) is 20.2 Å². The van der Waals surface area contributed by atoms with Crippen molar-refractivity contribution >= 4 is 25.2 Å². The molecule has 1 aliphatic heterocycles. The molecule has 1 unspecified atom stereocenters. The summed E-state index contributed by atoms with van der Waals surface area (Å²) in [5.41, 5.74) is 2.49. The number of benzene rings is 4. The number of ether oxygens (including phenoxy) is 4. The van der Waals surface area contributed by atoms with E-state index < -0.39 is 43.2 Å². The summed E-state index contributed by atoms with van der Waals surface area (Å²) in [4.78, 5) is 32.3. The molecule has 1 saturated heterocycles. The SMILES string of the molecule is COc1ccc(C(OC[C@H]2O[C@@H](n3cc4cc(-c5ccc([N+](=O)[O-])cc5)[nH]c4nc3=O)C[C@@H]2OP(OCCC#N)N(C(C)C)C(C)C)(c2ccccc2)c2ccc(OC)cc2)cc1. The van der Waals surface area contributed by atoms with E-state index in [0.29, 0.717) is 33.8 Å². The number of rotatable bonds is 19. The molecule has 3 heterocycles. The molecule has 63 heavy (non-hydrogen) atoms. The number of H-pyrrole nitrogens is 1. The van der Waals surface area contributed by atoms with Crippen molar-refractivity contribution in [2.45, 2.75) is 76.7 Å². The minimum absolute atomic E-state index is 0.0116. The van der Waals surface area contributed by atoms with Gasteiger partial charge < -0.3 is 33.0 Å². The van der Waals surface area contributed by atoms with E-state index in [0.717, 1.165) is 16.7 Å². The molecule has 16 heteroatoms. The van der Waals surface area contributed by atoms with Crippen LogP contribution in [0.5, 0.6) is 11.5 Å². The number of nitrogens with zero attached hydrogens (tertiary/aromatic N) is 5. The maximum atomic E-state index is 13.9. The van der Waals surface area contributed by atoms with E-state index in [1.165, 1.54) is 16.7 Å². The van der Waals surface area contributed by atoms with Crippen LogP contribution in [-0.2, 0) is 24.1 Å². The number of nitriles is 1. The van der Waals surface area contributed by atoms with Gasteiger partial charge in [-0.1, -0.05) is 54.6 Å². The third kappa shape index (κ3) is 9.82. The average Bonchev–Trinajstić information content (AvgIpc) is 3.90. The number of aromatic nitrogens is 3. The Labute approximate surface area is 367 Å². The van der Waals surface area contributed by atoms with Gasteiger partial charge in [0.25, 0.3) is 14.2 Å². The van der Waals surface area contributed by atoms with Crippen LogP contribution in [0.2, 0.25) is 0 Å². The van der Waals surface area contributed by atoms with Crippen LogP contribution in [0.25, 0.3) is 22.3 Å². The number of nitro groups is 1. The van der Waals surface area contributed by atoms with Crippen LogP contribution in [0.4, 0.5) is 5.69 Å². The van der Waals surface area contributed by atoms with Crippen molar-refractivity contribution in [1.29, 1.82) is 5.26 Å². The molecule has 328 valence electrons. The Hall–Kier alpha value is -5.98. The summed E-state index contributed by atoms with van der Waals surface area (Å²) in [5.74, 6) is 1.38. The molecule has 1 N–H and O–H groups in total. The summed E-state index contributed by atoms with van der Waals surface area (Å²) in [6, 6.07) is 35.7. The molecule has 0 aliphatic carbocycles. The van der Waals surface area contributed by atoms with Gasteiger partial charge in [-0.3, -0.25) is 14.7 Å². The summed E-state index contributed by atoms with van der Waals surface area (Å²) in [5, 5.41) is 21.3. The minimum Gasteiger partial charge on any atom is -0.497 e. The van der Waals surface area contributed by atoms with Gasteiger partial charge in [-0.2, -0.15) is 10.2 Å². The van der Waals surface area contributed by atoms with Crippen LogP contribution in [0.3, 0.4) is 0 Å². The molecule has 0 spiro atoms. The normalized spacial score (nSPS) is 17.0. The van der Waals surface area contributed by atoms with Crippen LogP contribution in [0, 0.1) is 21.4 Å². The molecule has 15 nitrogen and oxygen atoms in total. The van der Waals surface area contributed by atoms with Crippen molar-refractivity contribution in [3.8, 4) is 28.8 Å². The Kier molecular flexibility index (Phi) is 14.3. The number of non-ortho nitro benzene ring substituents is 1. The molecule has 1 aliphatic rings. The predicted molar refractivity (Wildman–Crippen MR) is 239 cm³/mol. The van der Waals surface area contributed by atoms with Crippen molar-refractivity contribution < 1.29 is 32.9 Å². The highest BCUT2D eigenvalue weighted by molar-refractivity contribution is 7.44. The first-order chi connectivity index (χ1) is 30.4. The fourth-order valence-corrected chi connectivity index (χ4v) is 9.72. The van der Waals surface area contributed by atoms with Gasteiger partial charge in [-0.05, 0) is 92.4 Å². The van der Waals surface area contributed by atoms with Crippen LogP contribution in [0.15, 0.2) is 120 Å². The lowest BCUT2D eigenvalue weighted by Crippen LogP contribution is -2.39. The zero-order valence-corrected chi connectivity index (χ0v) is 36.9. The monoisotopic (exact) mass is 874 g/mol. The Balaban J connectivity index is 1.29. The highest BCUT2D eigenvalue weighted by Crippen LogP contribution is 2.51. The molecule has 0 bridgehead atoms. The quantitative estimate of drug-likeness (QED) is 0.0269. The van der Waals surface area contributed by atoms with Gasteiger partial charge in [0.05, 0.1) is 51.0 Å². The van der Waals surface area contributed by atoms with E-state index in [4.69, 9.17) is 28.0 Å². The van der Waals surface area contributed by atoms with Crippen LogP contribution >= 0.6 is 8.53 Å². The second-order valence-corrected chi connectivity index (χ2v) is 17.0. The molecular weight excluding hydrogens is 824 g/mol. The first-order valence-corrected chi connectivity index (χ1v) is 21.8. The molecule has 6 aromatic rings. The topological polar surface area (TPSA) is 176 Å². The van der Waals surface area contributed by atoms with E-state index in [2.05, 4.69) is 48.4 Å². The van der Waals surface area contributed by atoms with Gasteiger partial charge in [0.2, 0.25) is 0 Å². The maximum absolute atomic E-state index is 13.9. The van der Waals surface area contributed by atoms with Gasteiger partial charge in [0, 0.05) is 47.9 Å². The Morgan fingerprint density at radius 1 is 0.937 bits per heavy atom. The molecule has 0 amide bonds. The minimum atomic E-state index is -1.72. The van der Waals surface area contributed by atoms with E-state index in [1.807, 2.05) is 84.9 Å². The smallest absolute Gasteiger partial charge is 0.351 e. The lowest BCUT2D eigenvalue weighted by Gasteiger charge is -2.39. The fourth-order valence-electron chi connectivity index (χ4n) is 7.96. The molecule has 1 fully saturated rings. The molecule has 7 rings (SSSR count). The Morgan fingerprint density at radius 3 is 2.10 bits per heavy atom. The second-order valence-electron chi connectivity index (χ2n) is 15.6. The first kappa shape index (κ1) is 45.1. The van der Waals surface area contributed by atoms with Gasteiger partial charge in [0.15, 0.2) is 0 Å². The van der Waals surface area contributed by atoms with Gasteiger partial charge in [0.1, 0.15) is 35.1 Å². The van der Waals surface area contributed by atoms with Crippen molar-refractivity contribution in [1.82, 2.24) is 19.2 Å². The predicted octanol–water partition coefficient (Wildman–Crippen LogP) is 9.27. The lowest BCUT2D eigenvalue weighted by molar-refractivity contribution is -0.384. The third-order valence-corrected chi connectivity index (χ3v) is 13.1. The maximum Gasteiger partial charge on any atom is 0.351 e. The second kappa shape index (κ2) is 20.0. The summed E-state index contributed by atoms with van der Waals surface area (Å²) in [6.07, 6.45) is -0.0655. The fraction of sp³-hybridized carbons (Fsp3) is 0.340. The zero-order chi connectivity index (χ0) is 44.7. The molecular formula is C47H51N6O9P. The number of nitrogens with one attached hydrogen (secondary N) is 1. The van der Waals surface area contributed by atoms with Crippen LogP contribution in [-0.4, -0.2) is 75.9 Å². The molecule has 0 radical (unpaired) electrons. The van der Waals surface area contributed by atoms with Crippen LogP contribution < -0.4 is 15.2 Å². The highest BCUT2D eigenvalue weighted by Gasteiger charge is 2.45. The van der Waals surface area contributed by atoms with Gasteiger partial charge >= 0.3 is 5.69 Å². The molecule has 4 aromatic carbocycles. The van der Waals surface area contributed by atoms with Crippen molar-refractivity contribution in [2.75, 3.05) is 27.4 Å². The van der Waals surface area contributed by atoms with Crippen molar-refractivity contribution in [2.24, 2.45) is 0 Å². The number of fused-ring (bicyclic) bond motifs is 1. The number of hydrogen-bond acceptors (Lipinski definition) is 12. The number of hydrogen-bond donors (Lipinski definition) is 1. The lowest BCUT2D eigenvalue weighted by atomic mass is 9.80.